The van der Waals surface area contributed by atoms with Crippen LogP contribution in [0.25, 0.3) is 0 Å². The standard InChI is InChI=1S/C17H22N2O4S/c1-2-19(15-8-9-24(22,23)11-15)17(21)13-5-3-4-12(10-13)16(20)18-14-6-7-14/h3-5,10,14-15H,2,6-9,11H2,1H3,(H,18,20). The summed E-state index contributed by atoms with van der Waals surface area (Å²) in [5, 5.41) is 2.90. The number of amides is 2. The van der Waals surface area contributed by atoms with Gasteiger partial charge in [0, 0.05) is 29.8 Å². The first-order valence-corrected chi connectivity index (χ1v) is 10.1. The van der Waals surface area contributed by atoms with Gasteiger partial charge in [0.05, 0.1) is 11.5 Å². The minimum absolute atomic E-state index is 0.0223. The van der Waals surface area contributed by atoms with E-state index < -0.39 is 9.84 Å². The number of sulfone groups is 1. The molecule has 1 saturated carbocycles. The zero-order valence-electron chi connectivity index (χ0n) is 13.7. The second kappa shape index (κ2) is 6.55. The molecule has 130 valence electrons. The van der Waals surface area contributed by atoms with Gasteiger partial charge in [0.25, 0.3) is 11.8 Å². The highest BCUT2D eigenvalue weighted by molar-refractivity contribution is 7.91. The predicted octanol–water partition coefficient (Wildman–Crippen LogP) is 1.23. The van der Waals surface area contributed by atoms with Crippen molar-refractivity contribution in [3.63, 3.8) is 0 Å². The van der Waals surface area contributed by atoms with Gasteiger partial charge in [-0.2, -0.15) is 0 Å². The van der Waals surface area contributed by atoms with E-state index in [1.165, 1.54) is 0 Å². The average molecular weight is 350 g/mol. The molecule has 3 rings (SSSR count). The molecule has 2 fully saturated rings. The number of hydrogen-bond donors (Lipinski definition) is 1. The van der Waals surface area contributed by atoms with Crippen molar-refractivity contribution in [2.24, 2.45) is 0 Å². The van der Waals surface area contributed by atoms with Crippen molar-refractivity contribution in [3.8, 4) is 0 Å². The van der Waals surface area contributed by atoms with Gasteiger partial charge >= 0.3 is 0 Å². The Labute approximate surface area is 142 Å². The first-order valence-electron chi connectivity index (χ1n) is 8.32. The monoisotopic (exact) mass is 350 g/mol. The maximum absolute atomic E-state index is 12.8. The maximum Gasteiger partial charge on any atom is 0.254 e. The Morgan fingerprint density at radius 1 is 1.21 bits per heavy atom. The van der Waals surface area contributed by atoms with Crippen LogP contribution in [0.3, 0.4) is 0 Å². The largest absolute Gasteiger partial charge is 0.349 e. The van der Waals surface area contributed by atoms with Crippen molar-refractivity contribution in [2.45, 2.75) is 38.3 Å². The number of nitrogens with zero attached hydrogens (tertiary/aromatic N) is 1. The lowest BCUT2D eigenvalue weighted by Gasteiger charge is -2.27. The zero-order valence-corrected chi connectivity index (χ0v) is 14.5. The SMILES string of the molecule is CCN(C(=O)c1cccc(C(=O)NC2CC2)c1)C1CCS(=O)(=O)C1. The summed E-state index contributed by atoms with van der Waals surface area (Å²) < 4.78 is 23.4. The summed E-state index contributed by atoms with van der Waals surface area (Å²) in [6.07, 6.45) is 2.48. The van der Waals surface area contributed by atoms with Crippen LogP contribution in [-0.4, -0.2) is 55.3 Å². The van der Waals surface area contributed by atoms with Gasteiger partial charge < -0.3 is 10.2 Å². The minimum Gasteiger partial charge on any atom is -0.349 e. The van der Waals surface area contributed by atoms with Gasteiger partial charge in [0.15, 0.2) is 9.84 Å². The third kappa shape index (κ3) is 3.77. The third-order valence-corrected chi connectivity index (χ3v) is 6.29. The molecule has 7 heteroatoms. The summed E-state index contributed by atoms with van der Waals surface area (Å²) >= 11 is 0. The molecule has 1 unspecified atom stereocenters. The van der Waals surface area contributed by atoms with Gasteiger partial charge in [-0.25, -0.2) is 8.42 Å². The Kier molecular flexibility index (Phi) is 4.62. The van der Waals surface area contributed by atoms with Gasteiger partial charge in [-0.05, 0) is 44.4 Å². The molecule has 1 atom stereocenters. The van der Waals surface area contributed by atoms with Crippen LogP contribution >= 0.6 is 0 Å². The summed E-state index contributed by atoms with van der Waals surface area (Å²) in [6.45, 7) is 2.28. The van der Waals surface area contributed by atoms with Gasteiger partial charge in [0.1, 0.15) is 0 Å². The molecule has 0 spiro atoms. The molecule has 6 nitrogen and oxygen atoms in total. The van der Waals surface area contributed by atoms with Crippen molar-refractivity contribution in [1.29, 1.82) is 0 Å². The molecule has 2 aliphatic rings. The van der Waals surface area contributed by atoms with Crippen LogP contribution in [0.4, 0.5) is 0 Å². The summed E-state index contributed by atoms with van der Waals surface area (Å²) in [6, 6.07) is 6.61. The lowest BCUT2D eigenvalue weighted by atomic mass is 10.1. The predicted molar refractivity (Wildman–Crippen MR) is 90.7 cm³/mol. The van der Waals surface area contributed by atoms with Crippen LogP contribution in [-0.2, 0) is 9.84 Å². The Morgan fingerprint density at radius 3 is 2.50 bits per heavy atom. The van der Waals surface area contributed by atoms with E-state index in [0.717, 1.165) is 12.8 Å². The summed E-state index contributed by atoms with van der Waals surface area (Å²) in [4.78, 5) is 26.5. The van der Waals surface area contributed by atoms with E-state index in [4.69, 9.17) is 0 Å². The number of carbonyl (C=O) groups is 2. The Balaban J connectivity index is 1.76. The van der Waals surface area contributed by atoms with E-state index in [1.807, 2.05) is 6.92 Å². The molecular weight excluding hydrogens is 328 g/mol. The van der Waals surface area contributed by atoms with Crippen LogP contribution in [0, 0.1) is 0 Å². The molecule has 1 aliphatic heterocycles. The molecule has 1 heterocycles. The third-order valence-electron chi connectivity index (χ3n) is 4.54. The number of hydrogen-bond acceptors (Lipinski definition) is 4. The smallest absolute Gasteiger partial charge is 0.254 e. The van der Waals surface area contributed by atoms with Gasteiger partial charge in [-0.15, -0.1) is 0 Å². The molecule has 1 aromatic rings. The molecule has 0 bridgehead atoms. The van der Waals surface area contributed by atoms with Crippen LogP contribution in [0.2, 0.25) is 0 Å². The summed E-state index contributed by atoms with van der Waals surface area (Å²) in [5.41, 5.74) is 0.882. The van der Waals surface area contributed by atoms with Crippen molar-refractivity contribution < 1.29 is 18.0 Å². The lowest BCUT2D eigenvalue weighted by molar-refractivity contribution is 0.0708. The molecule has 1 saturated heterocycles. The average Bonchev–Trinajstić information content (AvgIpc) is 3.30. The fourth-order valence-electron chi connectivity index (χ4n) is 3.04. The molecule has 1 aliphatic carbocycles. The van der Waals surface area contributed by atoms with E-state index in [1.54, 1.807) is 29.2 Å². The molecule has 1 N–H and O–H groups in total. The second-order valence-electron chi connectivity index (χ2n) is 6.48. The zero-order chi connectivity index (χ0) is 17.3. The van der Waals surface area contributed by atoms with Crippen LogP contribution in [0.1, 0.15) is 46.9 Å². The number of rotatable bonds is 5. The summed E-state index contributed by atoms with van der Waals surface area (Å²) in [5.74, 6) is -0.237. The highest BCUT2D eigenvalue weighted by Gasteiger charge is 2.34. The number of nitrogens with one attached hydrogen (secondary N) is 1. The Bertz CT molecular complexity index is 756. The molecule has 0 aromatic heterocycles. The van der Waals surface area contributed by atoms with E-state index in [0.29, 0.717) is 24.1 Å². The first-order chi connectivity index (χ1) is 11.4. The quantitative estimate of drug-likeness (QED) is 0.866. The van der Waals surface area contributed by atoms with E-state index in [2.05, 4.69) is 5.32 Å². The molecule has 1 aromatic carbocycles. The molecular formula is C17H22N2O4S. The Morgan fingerprint density at radius 2 is 1.92 bits per heavy atom. The summed E-state index contributed by atoms with van der Waals surface area (Å²) in [7, 11) is -3.05. The van der Waals surface area contributed by atoms with Gasteiger partial charge in [0.2, 0.25) is 0 Å². The maximum atomic E-state index is 12.8. The topological polar surface area (TPSA) is 83.6 Å². The van der Waals surface area contributed by atoms with Gasteiger partial charge in [-0.3, -0.25) is 9.59 Å². The van der Waals surface area contributed by atoms with Crippen molar-refractivity contribution in [2.75, 3.05) is 18.1 Å². The lowest BCUT2D eigenvalue weighted by Crippen LogP contribution is -2.41. The molecule has 0 radical (unpaired) electrons. The highest BCUT2D eigenvalue weighted by Crippen LogP contribution is 2.21. The van der Waals surface area contributed by atoms with Gasteiger partial charge in [-0.1, -0.05) is 6.07 Å². The highest BCUT2D eigenvalue weighted by atomic mass is 32.2. The minimum atomic E-state index is -3.05. The number of carbonyl (C=O) groups excluding carboxylic acids is 2. The van der Waals surface area contributed by atoms with Crippen LogP contribution in [0.15, 0.2) is 24.3 Å². The van der Waals surface area contributed by atoms with Crippen molar-refractivity contribution in [3.05, 3.63) is 35.4 Å². The second-order valence-corrected chi connectivity index (χ2v) is 8.71. The normalized spacial score (nSPS) is 22.1. The fourth-order valence-corrected chi connectivity index (χ4v) is 4.78. The van der Waals surface area contributed by atoms with Crippen LogP contribution < -0.4 is 5.32 Å². The molecule has 24 heavy (non-hydrogen) atoms. The fraction of sp³-hybridized carbons (Fsp3) is 0.529. The van der Waals surface area contributed by atoms with E-state index >= 15 is 0 Å². The molecule has 2 amide bonds. The Hall–Kier alpha value is -1.89. The number of benzene rings is 1. The van der Waals surface area contributed by atoms with E-state index in [9.17, 15) is 18.0 Å². The van der Waals surface area contributed by atoms with Crippen molar-refractivity contribution in [1.82, 2.24) is 10.2 Å². The van der Waals surface area contributed by atoms with Crippen molar-refractivity contribution >= 4 is 21.7 Å². The van der Waals surface area contributed by atoms with Crippen LogP contribution in [0.5, 0.6) is 0 Å². The first kappa shape index (κ1) is 17.0. The van der Waals surface area contributed by atoms with E-state index in [-0.39, 0.29) is 35.4 Å².